The molecule has 1 N–H and O–H groups in total. The Hall–Kier alpha value is -3.15. The van der Waals surface area contributed by atoms with Gasteiger partial charge in [-0.15, -0.1) is 0 Å². The highest BCUT2D eigenvalue weighted by molar-refractivity contribution is 6.30. The van der Waals surface area contributed by atoms with Crippen LogP contribution in [0.25, 0.3) is 10.9 Å². The number of hydrogen-bond donors (Lipinski definition) is 1. The van der Waals surface area contributed by atoms with Crippen LogP contribution >= 0.6 is 11.6 Å². The van der Waals surface area contributed by atoms with E-state index < -0.39 is 0 Å². The van der Waals surface area contributed by atoms with Crippen LogP contribution in [0.5, 0.6) is 0 Å². The fourth-order valence-electron chi connectivity index (χ4n) is 5.22. The second-order valence-electron chi connectivity index (χ2n) is 9.57. The van der Waals surface area contributed by atoms with Gasteiger partial charge in [0.1, 0.15) is 5.82 Å². The zero-order chi connectivity index (χ0) is 24.9. The molecule has 1 aromatic heterocycles. The number of benzene rings is 3. The number of aromatic nitrogens is 1. The Morgan fingerprint density at radius 2 is 1.78 bits per heavy atom. The molecule has 4 aromatic rings. The van der Waals surface area contributed by atoms with E-state index in [1.807, 2.05) is 48.5 Å². The van der Waals surface area contributed by atoms with Gasteiger partial charge in [0.2, 0.25) is 5.91 Å². The van der Waals surface area contributed by atoms with Gasteiger partial charge in [-0.1, -0.05) is 54.1 Å². The average Bonchev–Trinajstić information content (AvgIpc) is 3.52. The summed E-state index contributed by atoms with van der Waals surface area (Å²) in [6.07, 6.45) is 4.96. The number of rotatable bonds is 9. The molecule has 0 saturated carbocycles. The van der Waals surface area contributed by atoms with E-state index in [1.54, 1.807) is 0 Å². The van der Waals surface area contributed by atoms with E-state index in [0.29, 0.717) is 24.5 Å². The number of amides is 1. The number of hydrogen-bond acceptors (Lipinski definition) is 2. The molecule has 4 nitrogen and oxygen atoms in total. The number of carbonyl (C=O) groups is 1. The molecule has 1 fully saturated rings. The van der Waals surface area contributed by atoms with E-state index in [2.05, 4.69) is 33.1 Å². The van der Waals surface area contributed by atoms with E-state index in [9.17, 15) is 9.18 Å². The lowest BCUT2D eigenvalue weighted by atomic mass is 9.88. The molecule has 186 valence electrons. The lowest BCUT2D eigenvalue weighted by molar-refractivity contribution is -0.121. The lowest BCUT2D eigenvalue weighted by Crippen LogP contribution is -2.34. The maximum Gasteiger partial charge on any atom is 0.220 e. The molecule has 0 aliphatic carbocycles. The minimum atomic E-state index is -0.242. The molecular formula is C30H31ClFN3O. The largest absolute Gasteiger partial charge is 0.355 e. The Bertz CT molecular complexity index is 1330. The smallest absolute Gasteiger partial charge is 0.220 e. The summed E-state index contributed by atoms with van der Waals surface area (Å²) in [6, 6.07) is 22.6. The normalized spacial score (nSPS) is 14.8. The van der Waals surface area contributed by atoms with E-state index in [4.69, 9.17) is 11.6 Å². The fourth-order valence-corrected chi connectivity index (χ4v) is 5.42. The summed E-state index contributed by atoms with van der Waals surface area (Å²) in [7, 11) is 0. The van der Waals surface area contributed by atoms with E-state index in [1.165, 1.54) is 25.0 Å². The Balaban J connectivity index is 1.44. The molecule has 1 unspecified atom stereocenters. The van der Waals surface area contributed by atoms with Gasteiger partial charge in [-0.05, 0) is 73.0 Å². The molecule has 2 heterocycles. The molecule has 36 heavy (non-hydrogen) atoms. The Labute approximate surface area is 216 Å². The maximum atomic E-state index is 13.4. The van der Waals surface area contributed by atoms with Crippen molar-refractivity contribution in [3.8, 4) is 0 Å². The van der Waals surface area contributed by atoms with Gasteiger partial charge in [-0.25, -0.2) is 4.39 Å². The van der Waals surface area contributed by atoms with Crippen molar-refractivity contribution in [1.29, 1.82) is 0 Å². The van der Waals surface area contributed by atoms with Crippen LogP contribution in [0, 0.1) is 5.82 Å². The summed E-state index contributed by atoms with van der Waals surface area (Å²) in [5.41, 5.74) is 4.20. The van der Waals surface area contributed by atoms with Crippen molar-refractivity contribution in [2.24, 2.45) is 0 Å². The first-order valence-corrected chi connectivity index (χ1v) is 13.0. The number of likely N-dealkylation sites (tertiary alicyclic amines) is 1. The van der Waals surface area contributed by atoms with Gasteiger partial charge >= 0.3 is 0 Å². The topological polar surface area (TPSA) is 37.3 Å². The molecule has 1 aliphatic rings. The first-order chi connectivity index (χ1) is 17.6. The molecule has 1 aliphatic heterocycles. The van der Waals surface area contributed by atoms with Gasteiger partial charge in [0.05, 0.1) is 0 Å². The van der Waals surface area contributed by atoms with Crippen molar-refractivity contribution in [3.63, 3.8) is 0 Å². The van der Waals surface area contributed by atoms with Crippen molar-refractivity contribution in [2.45, 2.75) is 31.7 Å². The summed E-state index contributed by atoms with van der Waals surface area (Å²) in [4.78, 5) is 15.5. The summed E-state index contributed by atoms with van der Waals surface area (Å²) in [6.45, 7) is 4.41. The molecule has 3 aromatic carbocycles. The molecule has 0 spiro atoms. The monoisotopic (exact) mass is 503 g/mol. The number of carbonyl (C=O) groups excluding carboxylic acids is 1. The fraction of sp³-hybridized carbons (Fsp3) is 0.300. The van der Waals surface area contributed by atoms with Crippen molar-refractivity contribution in [1.82, 2.24) is 14.8 Å². The zero-order valence-corrected chi connectivity index (χ0v) is 21.1. The summed E-state index contributed by atoms with van der Waals surface area (Å²) in [5.74, 6) is -0.349. The molecule has 1 atom stereocenters. The van der Waals surface area contributed by atoms with E-state index in [-0.39, 0.29) is 17.6 Å². The van der Waals surface area contributed by atoms with Gasteiger partial charge in [-0.3, -0.25) is 4.79 Å². The third-order valence-corrected chi connectivity index (χ3v) is 7.29. The molecule has 1 amide bonds. The van der Waals surface area contributed by atoms with Crippen LogP contribution < -0.4 is 5.32 Å². The van der Waals surface area contributed by atoms with Crippen LogP contribution in [0.2, 0.25) is 5.02 Å². The summed E-state index contributed by atoms with van der Waals surface area (Å²) < 4.78 is 15.6. The van der Waals surface area contributed by atoms with Crippen LogP contribution in [0.4, 0.5) is 4.39 Å². The van der Waals surface area contributed by atoms with Crippen molar-refractivity contribution >= 4 is 28.4 Å². The van der Waals surface area contributed by atoms with E-state index in [0.717, 1.165) is 47.2 Å². The van der Waals surface area contributed by atoms with Crippen LogP contribution in [-0.2, 0) is 11.3 Å². The summed E-state index contributed by atoms with van der Waals surface area (Å²) in [5, 5.41) is 4.90. The SMILES string of the molecule is O=C(CC(c1cccc(Cl)c1)c1cn(Cc2ccc(F)cc2)c2ccccc12)NCCN1CCCC1. The lowest BCUT2D eigenvalue weighted by Gasteiger charge is -2.19. The minimum Gasteiger partial charge on any atom is -0.355 e. The van der Waals surface area contributed by atoms with Gasteiger partial charge in [0.25, 0.3) is 0 Å². The molecule has 6 heteroatoms. The second kappa shape index (κ2) is 11.3. The highest BCUT2D eigenvalue weighted by Gasteiger charge is 2.23. The van der Waals surface area contributed by atoms with Crippen LogP contribution in [0.15, 0.2) is 79.0 Å². The third-order valence-electron chi connectivity index (χ3n) is 7.05. The second-order valence-corrected chi connectivity index (χ2v) is 10.0. The Morgan fingerprint density at radius 3 is 2.56 bits per heavy atom. The van der Waals surface area contributed by atoms with Gasteiger partial charge in [-0.2, -0.15) is 0 Å². The quantitative estimate of drug-likeness (QED) is 0.294. The van der Waals surface area contributed by atoms with Crippen molar-refractivity contribution in [3.05, 3.63) is 107 Å². The van der Waals surface area contributed by atoms with E-state index >= 15 is 0 Å². The third kappa shape index (κ3) is 5.80. The first-order valence-electron chi connectivity index (χ1n) is 12.6. The minimum absolute atomic E-state index is 0.0366. The molecule has 0 bridgehead atoms. The van der Waals surface area contributed by atoms with Crippen molar-refractivity contribution < 1.29 is 9.18 Å². The van der Waals surface area contributed by atoms with Gasteiger partial charge in [0, 0.05) is 54.1 Å². The average molecular weight is 504 g/mol. The van der Waals surface area contributed by atoms with Gasteiger partial charge in [0.15, 0.2) is 0 Å². The van der Waals surface area contributed by atoms with Gasteiger partial charge < -0.3 is 14.8 Å². The number of nitrogens with one attached hydrogen (secondary N) is 1. The highest BCUT2D eigenvalue weighted by Crippen LogP contribution is 2.36. The number of fused-ring (bicyclic) bond motifs is 1. The van der Waals surface area contributed by atoms with Crippen LogP contribution in [0.1, 0.15) is 41.9 Å². The molecule has 1 saturated heterocycles. The zero-order valence-electron chi connectivity index (χ0n) is 20.3. The Morgan fingerprint density at radius 1 is 1.00 bits per heavy atom. The molecule has 0 radical (unpaired) electrons. The van der Waals surface area contributed by atoms with Crippen LogP contribution in [0.3, 0.4) is 0 Å². The predicted octanol–water partition coefficient (Wildman–Crippen LogP) is 6.22. The Kier molecular flexibility index (Phi) is 7.69. The molecular weight excluding hydrogens is 473 g/mol. The molecule has 5 rings (SSSR count). The maximum absolute atomic E-state index is 13.4. The van der Waals surface area contributed by atoms with Crippen molar-refractivity contribution in [2.75, 3.05) is 26.2 Å². The summed E-state index contributed by atoms with van der Waals surface area (Å²) >= 11 is 6.37. The number of nitrogens with zero attached hydrogens (tertiary/aromatic N) is 2. The standard InChI is InChI=1S/C30H31ClFN3O/c31-24-7-5-6-23(18-24)27(19-30(36)33-14-17-34-15-3-4-16-34)28-21-35(29-9-2-1-8-26(28)29)20-22-10-12-25(32)13-11-22/h1-2,5-13,18,21,27H,3-4,14-17,19-20H2,(H,33,36). The highest BCUT2D eigenvalue weighted by atomic mass is 35.5. The van der Waals surface area contributed by atoms with Crippen LogP contribution in [-0.4, -0.2) is 41.6 Å². The number of halogens is 2. The first kappa shape index (κ1) is 24.5. The predicted molar refractivity (Wildman–Crippen MR) is 144 cm³/mol. The number of para-hydroxylation sites is 1.